The van der Waals surface area contributed by atoms with Gasteiger partial charge >= 0.3 is 5.65 Å². The van der Waals surface area contributed by atoms with Gasteiger partial charge in [0.05, 0.1) is 0 Å². The van der Waals surface area contributed by atoms with Crippen molar-refractivity contribution in [3.63, 3.8) is 0 Å². The molecule has 3 N–H and O–H groups in total. The maximum atomic E-state index is 6.05. The van der Waals surface area contributed by atoms with Crippen molar-refractivity contribution in [2.45, 2.75) is 19.1 Å². The molecule has 1 atom stereocenters. The Kier molecular flexibility index (Phi) is 3.99. The second kappa shape index (κ2) is 6.29. The first-order valence-corrected chi connectivity index (χ1v) is 8.88. The Bertz CT molecular complexity index is 870. The van der Waals surface area contributed by atoms with E-state index >= 15 is 0 Å². The first-order valence-electron chi connectivity index (χ1n) is 8.00. The summed E-state index contributed by atoms with van der Waals surface area (Å²) in [6.07, 6.45) is 7.30. The number of imidazole rings is 1. The molecule has 0 aromatic carbocycles. The van der Waals surface area contributed by atoms with Gasteiger partial charge < -0.3 is 15.9 Å². The van der Waals surface area contributed by atoms with Crippen molar-refractivity contribution >= 4 is 22.8 Å². The fourth-order valence-electron chi connectivity index (χ4n) is 2.91. The van der Waals surface area contributed by atoms with Crippen LogP contribution in [0.4, 0.5) is 0 Å². The minimum absolute atomic E-state index is 0.130. The van der Waals surface area contributed by atoms with Crippen LogP contribution in [-0.4, -0.2) is 34.2 Å². The van der Waals surface area contributed by atoms with E-state index in [1.165, 1.54) is 4.88 Å². The van der Waals surface area contributed by atoms with Crippen molar-refractivity contribution in [3.05, 3.63) is 46.5 Å². The minimum atomic E-state index is 0.130. The van der Waals surface area contributed by atoms with Gasteiger partial charge in [0.25, 0.3) is 0 Å². The molecule has 1 aliphatic rings. The average molecular weight is 345 g/mol. The number of thiophene rings is 1. The van der Waals surface area contributed by atoms with Crippen molar-refractivity contribution in [2.75, 3.05) is 13.1 Å². The zero-order valence-corrected chi connectivity index (χ0v) is 14.4. The molecule has 1 aliphatic heterocycles. The number of amidine groups is 1. The lowest BCUT2D eigenvalue weighted by molar-refractivity contribution is -0.661. The molecule has 1 saturated heterocycles. The molecule has 0 aliphatic carbocycles. The summed E-state index contributed by atoms with van der Waals surface area (Å²) in [6, 6.07) is 4.19. The topological polar surface area (TPSA) is 72.9 Å². The number of hydrogen-bond donors (Lipinski definition) is 2. The van der Waals surface area contributed by atoms with E-state index in [0.29, 0.717) is 5.84 Å². The molecule has 0 bridgehead atoms. The molecule has 0 radical (unpaired) electrons. The normalized spacial score (nSPS) is 18.5. The monoisotopic (exact) mass is 345 g/mol. The Morgan fingerprint density at radius 1 is 1.54 bits per heavy atom. The van der Waals surface area contributed by atoms with E-state index in [9.17, 15) is 0 Å². The number of nitrogens with one attached hydrogen (secondary N) is 1. The highest BCUT2D eigenvalue weighted by Crippen LogP contribution is 2.15. The predicted octanol–water partition coefficient (Wildman–Crippen LogP) is 0.674. The van der Waals surface area contributed by atoms with Crippen LogP contribution in [0.15, 0.2) is 41.3 Å². The molecule has 126 valence electrons. The maximum Gasteiger partial charge on any atom is 0.307 e. The third kappa shape index (κ3) is 2.90. The van der Waals surface area contributed by atoms with Crippen LogP contribution in [-0.2, 0) is 18.4 Å². The molecule has 3 aromatic heterocycles. The van der Waals surface area contributed by atoms with E-state index in [4.69, 9.17) is 10.6 Å². The molecule has 1 unspecified atom stereocenters. The summed E-state index contributed by atoms with van der Waals surface area (Å²) < 4.78 is 6.36. The number of nitrogens with two attached hydrogens (primary N) is 1. The largest absolute Gasteiger partial charge is 0.389 e. The van der Waals surface area contributed by atoms with Gasteiger partial charge in [-0.1, -0.05) is 5.16 Å². The molecular weight excluding hydrogens is 324 g/mol. The highest BCUT2D eigenvalue weighted by Gasteiger charge is 2.16. The van der Waals surface area contributed by atoms with E-state index in [1.54, 1.807) is 11.3 Å². The van der Waals surface area contributed by atoms with Gasteiger partial charge in [0.15, 0.2) is 12.0 Å². The van der Waals surface area contributed by atoms with Crippen LogP contribution in [0, 0.1) is 0 Å². The van der Waals surface area contributed by atoms with Gasteiger partial charge in [0.2, 0.25) is 0 Å². The van der Waals surface area contributed by atoms with Gasteiger partial charge in [-0.05, 0) is 12.6 Å². The van der Waals surface area contributed by atoms with Gasteiger partial charge in [-0.15, -0.1) is 15.9 Å². The van der Waals surface area contributed by atoms with Crippen LogP contribution in [0.2, 0.25) is 0 Å². The van der Waals surface area contributed by atoms with E-state index < -0.39 is 0 Å². The summed E-state index contributed by atoms with van der Waals surface area (Å²) in [6.45, 7) is 2.63. The Morgan fingerprint density at radius 2 is 2.46 bits per heavy atom. The Hall–Kier alpha value is -2.32. The third-order valence-electron chi connectivity index (χ3n) is 4.29. The number of aromatic nitrogens is 3. The van der Waals surface area contributed by atoms with E-state index in [2.05, 4.69) is 44.1 Å². The van der Waals surface area contributed by atoms with E-state index in [0.717, 1.165) is 37.3 Å². The number of nitrogens with zero attached hydrogens (tertiary/aromatic N) is 4. The lowest BCUT2D eigenvalue weighted by Crippen LogP contribution is -2.32. The summed E-state index contributed by atoms with van der Waals surface area (Å²) in [5.41, 5.74) is 8.13. The number of hydrogen-bond acceptors (Lipinski definition) is 4. The van der Waals surface area contributed by atoms with Crippen LogP contribution < -0.4 is 15.6 Å². The van der Waals surface area contributed by atoms with E-state index in [1.807, 2.05) is 23.3 Å². The second-order valence-corrected chi connectivity index (χ2v) is 7.01. The Balaban J connectivity index is 1.46. The lowest BCUT2D eigenvalue weighted by Gasteiger charge is -2.06. The first kappa shape index (κ1) is 15.2. The quantitative estimate of drug-likeness (QED) is 0.309. The molecule has 24 heavy (non-hydrogen) atoms. The summed E-state index contributed by atoms with van der Waals surface area (Å²) >= 11 is 1.68. The fraction of sp³-hybridized carbons (Fsp3) is 0.375. The number of fused-ring (bicyclic) bond motifs is 1. The molecule has 7 nitrogen and oxygen atoms in total. The van der Waals surface area contributed by atoms with Gasteiger partial charge in [-0.2, -0.15) is 0 Å². The van der Waals surface area contributed by atoms with Crippen molar-refractivity contribution < 1.29 is 9.40 Å². The van der Waals surface area contributed by atoms with Crippen molar-refractivity contribution in [2.24, 2.45) is 17.9 Å². The first-order chi connectivity index (χ1) is 11.7. The maximum absolute atomic E-state index is 6.05. The predicted molar refractivity (Wildman–Crippen MR) is 93.1 cm³/mol. The van der Waals surface area contributed by atoms with Gasteiger partial charge in [-0.3, -0.25) is 0 Å². The Labute approximate surface area is 143 Å². The molecule has 1 fully saturated rings. The lowest BCUT2D eigenvalue weighted by atomic mass is 10.3. The molecule has 4 rings (SSSR count). The number of rotatable bonds is 5. The van der Waals surface area contributed by atoms with Crippen LogP contribution in [0.3, 0.4) is 0 Å². The van der Waals surface area contributed by atoms with Gasteiger partial charge in [-0.25, -0.2) is 9.25 Å². The molecule has 0 saturated carbocycles. The van der Waals surface area contributed by atoms with Crippen molar-refractivity contribution in [3.8, 4) is 0 Å². The van der Waals surface area contributed by atoms with Crippen LogP contribution in [0.1, 0.15) is 16.9 Å². The highest BCUT2D eigenvalue weighted by molar-refractivity contribution is 7.10. The third-order valence-corrected chi connectivity index (χ3v) is 5.21. The smallest absolute Gasteiger partial charge is 0.307 e. The molecule has 0 spiro atoms. The molecule has 8 heteroatoms. The van der Waals surface area contributed by atoms with Gasteiger partial charge in [0, 0.05) is 48.1 Å². The van der Waals surface area contributed by atoms with E-state index in [-0.39, 0.29) is 6.10 Å². The average Bonchev–Trinajstić information content (AvgIpc) is 3.33. The summed E-state index contributed by atoms with van der Waals surface area (Å²) in [5.74, 6) is 0.441. The summed E-state index contributed by atoms with van der Waals surface area (Å²) in [5, 5.41) is 9.36. The molecular formula is C16H21N6OS+. The highest BCUT2D eigenvalue weighted by atomic mass is 32.1. The Morgan fingerprint density at radius 3 is 3.29 bits per heavy atom. The SMILES string of the molecule is Cn1ccc2n1cc[n+]2Cc1cc(C(N)=NOC2CCNC2)cs1. The second-order valence-electron chi connectivity index (χ2n) is 6.02. The molecule has 0 amide bonds. The van der Waals surface area contributed by atoms with Crippen LogP contribution in [0.5, 0.6) is 0 Å². The summed E-state index contributed by atoms with van der Waals surface area (Å²) in [7, 11) is 2.03. The van der Waals surface area contributed by atoms with Crippen molar-refractivity contribution in [1.29, 1.82) is 0 Å². The molecule has 4 heterocycles. The zero-order valence-electron chi connectivity index (χ0n) is 13.6. The van der Waals surface area contributed by atoms with Crippen LogP contribution >= 0.6 is 11.3 Å². The zero-order chi connectivity index (χ0) is 16.5. The van der Waals surface area contributed by atoms with Gasteiger partial charge in [0.1, 0.15) is 18.8 Å². The van der Waals surface area contributed by atoms with Crippen LogP contribution in [0.25, 0.3) is 5.65 Å². The standard InChI is InChI=1S/C16H21N6OS/c1-20-5-3-15-21(6-7-22(15)20)10-14-8-12(11-24-14)16(17)19-23-13-2-4-18-9-13/h3,5-8,11,13,18H,2,4,9-10H2,1H3,(H2,17,19)/q+1. The number of aryl methyl sites for hydroxylation is 1. The fourth-order valence-corrected chi connectivity index (χ4v) is 3.79. The summed E-state index contributed by atoms with van der Waals surface area (Å²) in [4.78, 5) is 6.72. The molecule has 3 aromatic rings. The number of oxime groups is 1. The van der Waals surface area contributed by atoms with Crippen molar-refractivity contribution in [1.82, 2.24) is 14.5 Å². The minimum Gasteiger partial charge on any atom is -0.389 e.